The van der Waals surface area contributed by atoms with Crippen LogP contribution in [0.1, 0.15) is 12.1 Å². The summed E-state index contributed by atoms with van der Waals surface area (Å²) in [7, 11) is 0. The second-order valence-corrected chi connectivity index (χ2v) is 4.08. The second kappa shape index (κ2) is 4.13. The van der Waals surface area contributed by atoms with E-state index in [1.54, 1.807) is 0 Å². The van der Waals surface area contributed by atoms with E-state index in [1.165, 1.54) is 18.1 Å². The first-order valence-electron chi connectivity index (χ1n) is 4.57. The van der Waals surface area contributed by atoms with Crippen LogP contribution in [0.4, 0.5) is 0 Å². The molecule has 72 valence electrons. The molecule has 0 spiro atoms. The zero-order valence-corrected chi connectivity index (χ0v) is 8.33. The molecule has 0 bridgehead atoms. The molecule has 0 saturated carbocycles. The van der Waals surface area contributed by atoms with Crippen molar-refractivity contribution in [2.75, 3.05) is 19.6 Å². The van der Waals surface area contributed by atoms with Gasteiger partial charge in [0.25, 0.3) is 0 Å². The van der Waals surface area contributed by atoms with Crippen molar-refractivity contribution in [3.8, 4) is 0 Å². The Hall–Kier alpha value is -0.520. The topological polar surface area (TPSA) is 55.0 Å². The van der Waals surface area contributed by atoms with E-state index in [9.17, 15) is 0 Å². The number of hydrogen-bond acceptors (Lipinski definition) is 5. The van der Waals surface area contributed by atoms with Gasteiger partial charge in [0.2, 0.25) is 0 Å². The number of nitrogens with two attached hydrogens (primary N) is 1. The lowest BCUT2D eigenvalue weighted by Crippen LogP contribution is -2.22. The van der Waals surface area contributed by atoms with Gasteiger partial charge >= 0.3 is 0 Å². The minimum atomic E-state index is 0.687. The number of nitrogens with zero attached hydrogens (tertiary/aromatic N) is 3. The summed E-state index contributed by atoms with van der Waals surface area (Å²) < 4.78 is 8.17. The molecular weight excluding hydrogens is 184 g/mol. The fourth-order valence-electron chi connectivity index (χ4n) is 1.73. The minimum absolute atomic E-state index is 0.687. The average molecular weight is 198 g/mol. The summed E-state index contributed by atoms with van der Waals surface area (Å²) in [6.45, 7) is 4.02. The largest absolute Gasteiger partial charge is 0.330 e. The first-order chi connectivity index (χ1) is 6.38. The van der Waals surface area contributed by atoms with E-state index < -0.39 is 0 Å². The molecule has 2 rings (SSSR count). The summed E-state index contributed by atoms with van der Waals surface area (Å²) in [5.74, 6) is 0.687. The molecule has 0 aromatic carbocycles. The Morgan fingerprint density at radius 2 is 2.62 bits per heavy atom. The predicted molar refractivity (Wildman–Crippen MR) is 52.3 cm³/mol. The van der Waals surface area contributed by atoms with Crippen molar-refractivity contribution in [2.45, 2.75) is 13.0 Å². The van der Waals surface area contributed by atoms with E-state index >= 15 is 0 Å². The standard InChI is InChI=1S/C8H14N4S/c9-3-7-1-2-12(5-7)6-8-4-10-13-11-8/h4,7H,1-3,5-6,9H2. The van der Waals surface area contributed by atoms with Crippen molar-refractivity contribution < 1.29 is 0 Å². The Labute approximate surface area is 82.1 Å². The van der Waals surface area contributed by atoms with Crippen LogP contribution in [0.2, 0.25) is 0 Å². The second-order valence-electron chi connectivity index (χ2n) is 3.52. The van der Waals surface area contributed by atoms with Crippen molar-refractivity contribution >= 4 is 11.7 Å². The van der Waals surface area contributed by atoms with E-state index in [-0.39, 0.29) is 0 Å². The van der Waals surface area contributed by atoms with Crippen LogP contribution in [0.5, 0.6) is 0 Å². The van der Waals surface area contributed by atoms with Gasteiger partial charge < -0.3 is 5.73 Å². The van der Waals surface area contributed by atoms with Crippen molar-refractivity contribution in [1.29, 1.82) is 0 Å². The maximum atomic E-state index is 5.62. The van der Waals surface area contributed by atoms with Crippen molar-refractivity contribution in [1.82, 2.24) is 13.6 Å². The van der Waals surface area contributed by atoms with Crippen LogP contribution in [-0.2, 0) is 6.54 Å². The molecule has 1 atom stereocenters. The van der Waals surface area contributed by atoms with Gasteiger partial charge in [-0.15, -0.1) is 0 Å². The molecule has 0 aliphatic carbocycles. The van der Waals surface area contributed by atoms with Gasteiger partial charge in [-0.1, -0.05) is 0 Å². The highest BCUT2D eigenvalue weighted by Gasteiger charge is 2.21. The summed E-state index contributed by atoms with van der Waals surface area (Å²) in [5, 5.41) is 0. The summed E-state index contributed by atoms with van der Waals surface area (Å²) in [5.41, 5.74) is 6.70. The number of aromatic nitrogens is 2. The number of hydrogen-bond donors (Lipinski definition) is 1. The van der Waals surface area contributed by atoms with Crippen LogP contribution in [0.15, 0.2) is 6.20 Å². The predicted octanol–water partition coefficient (Wildman–Crippen LogP) is 0.319. The lowest BCUT2D eigenvalue weighted by Gasteiger charge is -2.12. The molecule has 1 fully saturated rings. The molecule has 0 radical (unpaired) electrons. The smallest absolute Gasteiger partial charge is 0.0883 e. The lowest BCUT2D eigenvalue weighted by molar-refractivity contribution is 0.315. The van der Waals surface area contributed by atoms with Crippen LogP contribution in [0, 0.1) is 5.92 Å². The van der Waals surface area contributed by atoms with Crippen molar-refractivity contribution in [3.05, 3.63) is 11.9 Å². The van der Waals surface area contributed by atoms with Crippen molar-refractivity contribution in [2.24, 2.45) is 11.7 Å². The maximum Gasteiger partial charge on any atom is 0.0883 e. The Morgan fingerprint density at radius 1 is 1.69 bits per heavy atom. The summed E-state index contributed by atoms with van der Waals surface area (Å²) in [6, 6.07) is 0. The molecule has 13 heavy (non-hydrogen) atoms. The van der Waals surface area contributed by atoms with E-state index in [0.29, 0.717) is 5.92 Å². The molecule has 2 N–H and O–H groups in total. The van der Waals surface area contributed by atoms with E-state index in [4.69, 9.17) is 5.73 Å². The summed E-state index contributed by atoms with van der Waals surface area (Å²) in [4.78, 5) is 2.40. The first kappa shape index (κ1) is 9.05. The van der Waals surface area contributed by atoms with Crippen LogP contribution < -0.4 is 5.73 Å². The Kier molecular flexibility index (Phi) is 2.87. The van der Waals surface area contributed by atoms with Gasteiger partial charge in [0, 0.05) is 13.1 Å². The molecule has 1 saturated heterocycles. The van der Waals surface area contributed by atoms with Gasteiger partial charge in [-0.05, 0) is 25.4 Å². The van der Waals surface area contributed by atoms with Gasteiger partial charge in [-0.2, -0.15) is 8.75 Å². The lowest BCUT2D eigenvalue weighted by atomic mass is 10.1. The van der Waals surface area contributed by atoms with Crippen LogP contribution >= 0.6 is 11.7 Å². The molecule has 2 heterocycles. The highest BCUT2D eigenvalue weighted by Crippen LogP contribution is 2.16. The molecule has 1 aromatic heterocycles. The van der Waals surface area contributed by atoms with Crippen LogP contribution in [-0.4, -0.2) is 33.3 Å². The van der Waals surface area contributed by atoms with Gasteiger partial charge in [-0.3, -0.25) is 4.90 Å². The number of rotatable bonds is 3. The normalized spacial score (nSPS) is 23.9. The molecule has 1 unspecified atom stereocenters. The molecule has 1 aliphatic heterocycles. The molecule has 0 amide bonds. The van der Waals surface area contributed by atoms with Gasteiger partial charge in [0.1, 0.15) is 0 Å². The third-order valence-corrected chi connectivity index (χ3v) is 3.01. The zero-order valence-electron chi connectivity index (χ0n) is 7.52. The molecule has 1 aromatic rings. The third kappa shape index (κ3) is 2.24. The SMILES string of the molecule is NCC1CCN(Cc2cnsn2)C1. The summed E-state index contributed by atoms with van der Waals surface area (Å²) >= 11 is 1.28. The Balaban J connectivity index is 1.84. The quantitative estimate of drug-likeness (QED) is 0.760. The summed E-state index contributed by atoms with van der Waals surface area (Å²) in [6.07, 6.45) is 3.08. The molecule has 5 heteroatoms. The van der Waals surface area contributed by atoms with Gasteiger partial charge in [0.05, 0.1) is 23.6 Å². The molecule has 1 aliphatic rings. The Morgan fingerprint density at radius 3 is 3.23 bits per heavy atom. The third-order valence-electron chi connectivity index (χ3n) is 2.50. The van der Waals surface area contributed by atoms with E-state index in [1.807, 2.05) is 6.20 Å². The fourth-order valence-corrected chi connectivity index (χ4v) is 2.16. The zero-order chi connectivity index (χ0) is 9.10. The average Bonchev–Trinajstić information content (AvgIpc) is 2.76. The van der Waals surface area contributed by atoms with Crippen molar-refractivity contribution in [3.63, 3.8) is 0 Å². The Bertz CT molecular complexity index is 249. The highest BCUT2D eigenvalue weighted by atomic mass is 32.1. The molecular formula is C8H14N4S. The van der Waals surface area contributed by atoms with Gasteiger partial charge in [-0.25, -0.2) is 0 Å². The van der Waals surface area contributed by atoms with Gasteiger partial charge in [0.15, 0.2) is 0 Å². The van der Waals surface area contributed by atoms with E-state index in [2.05, 4.69) is 13.6 Å². The minimum Gasteiger partial charge on any atom is -0.330 e. The van der Waals surface area contributed by atoms with Crippen LogP contribution in [0.25, 0.3) is 0 Å². The first-order valence-corrected chi connectivity index (χ1v) is 5.30. The van der Waals surface area contributed by atoms with Crippen LogP contribution in [0.3, 0.4) is 0 Å². The highest BCUT2D eigenvalue weighted by molar-refractivity contribution is 6.99. The monoisotopic (exact) mass is 198 g/mol. The fraction of sp³-hybridized carbons (Fsp3) is 0.750. The number of likely N-dealkylation sites (tertiary alicyclic amines) is 1. The van der Waals surface area contributed by atoms with E-state index in [0.717, 1.165) is 31.9 Å². The molecule has 4 nitrogen and oxygen atoms in total. The maximum absolute atomic E-state index is 5.62.